The standard InChI is InChI=1S/C23H21Cl2NO2/c24-19-12-11-16(14-20(19)25)22(26-13-4-3-10-21(26)23(27)28)18-9-5-7-15-6-1-2-8-17(15)18/h1-2,5-9,11-12,14,21-22H,3-4,10,13H2,(H,27,28). The van der Waals surface area contributed by atoms with Crippen LogP contribution in [-0.4, -0.2) is 28.6 Å². The van der Waals surface area contributed by atoms with Crippen LogP contribution >= 0.6 is 23.2 Å². The summed E-state index contributed by atoms with van der Waals surface area (Å²) in [6.07, 6.45) is 2.56. The normalized spacial score (nSPS) is 18.9. The Morgan fingerprint density at radius 2 is 1.79 bits per heavy atom. The lowest BCUT2D eigenvalue weighted by Crippen LogP contribution is -2.46. The maximum absolute atomic E-state index is 12.0. The summed E-state index contributed by atoms with van der Waals surface area (Å²) < 4.78 is 0. The zero-order valence-corrected chi connectivity index (χ0v) is 16.8. The molecular weight excluding hydrogens is 393 g/mol. The third-order valence-corrected chi connectivity index (χ3v) is 6.28. The molecule has 2 unspecified atom stereocenters. The van der Waals surface area contributed by atoms with Gasteiger partial charge in [-0.05, 0) is 53.4 Å². The number of fused-ring (bicyclic) bond motifs is 1. The van der Waals surface area contributed by atoms with Crippen molar-refractivity contribution in [1.82, 2.24) is 4.90 Å². The number of halogens is 2. The molecule has 0 amide bonds. The molecule has 1 aliphatic rings. The maximum Gasteiger partial charge on any atom is 0.320 e. The molecule has 1 heterocycles. The quantitative estimate of drug-likeness (QED) is 0.555. The number of benzene rings is 3. The van der Waals surface area contributed by atoms with Crippen LogP contribution in [0.2, 0.25) is 10.0 Å². The van der Waals surface area contributed by atoms with E-state index in [2.05, 4.69) is 29.2 Å². The van der Waals surface area contributed by atoms with Gasteiger partial charge in [0.2, 0.25) is 0 Å². The first-order valence-corrected chi connectivity index (χ1v) is 10.2. The molecule has 2 atom stereocenters. The van der Waals surface area contributed by atoms with Crippen LogP contribution < -0.4 is 0 Å². The lowest BCUT2D eigenvalue weighted by molar-refractivity contribution is -0.145. The predicted molar refractivity (Wildman–Crippen MR) is 114 cm³/mol. The highest BCUT2D eigenvalue weighted by molar-refractivity contribution is 6.42. The van der Waals surface area contributed by atoms with Gasteiger partial charge < -0.3 is 5.11 Å². The van der Waals surface area contributed by atoms with Gasteiger partial charge in [0.1, 0.15) is 6.04 Å². The molecule has 28 heavy (non-hydrogen) atoms. The minimum atomic E-state index is -0.773. The van der Waals surface area contributed by atoms with Gasteiger partial charge in [-0.2, -0.15) is 0 Å². The van der Waals surface area contributed by atoms with Crippen LogP contribution in [0.25, 0.3) is 10.8 Å². The van der Waals surface area contributed by atoms with E-state index in [1.807, 2.05) is 30.3 Å². The van der Waals surface area contributed by atoms with Gasteiger partial charge >= 0.3 is 5.97 Å². The van der Waals surface area contributed by atoms with Crippen LogP contribution in [0.15, 0.2) is 60.7 Å². The van der Waals surface area contributed by atoms with Crippen molar-refractivity contribution in [3.05, 3.63) is 81.8 Å². The lowest BCUT2D eigenvalue weighted by atomic mass is 9.89. The van der Waals surface area contributed by atoms with Crippen LogP contribution in [0.4, 0.5) is 0 Å². The zero-order valence-electron chi connectivity index (χ0n) is 15.3. The van der Waals surface area contributed by atoms with Crippen LogP contribution in [0.1, 0.15) is 36.4 Å². The summed E-state index contributed by atoms with van der Waals surface area (Å²) in [5, 5.41) is 13.1. The number of aliphatic carboxylic acids is 1. The summed E-state index contributed by atoms with van der Waals surface area (Å²) >= 11 is 12.5. The van der Waals surface area contributed by atoms with E-state index in [1.54, 1.807) is 6.07 Å². The Bertz CT molecular complexity index is 1020. The van der Waals surface area contributed by atoms with Crippen LogP contribution in [-0.2, 0) is 4.79 Å². The van der Waals surface area contributed by atoms with Crippen molar-refractivity contribution in [3.63, 3.8) is 0 Å². The lowest BCUT2D eigenvalue weighted by Gasteiger charge is -2.40. The van der Waals surface area contributed by atoms with Crippen molar-refractivity contribution in [2.45, 2.75) is 31.3 Å². The summed E-state index contributed by atoms with van der Waals surface area (Å²) in [5.41, 5.74) is 2.04. The number of carbonyl (C=O) groups is 1. The van der Waals surface area contributed by atoms with E-state index in [9.17, 15) is 9.90 Å². The number of carboxylic acids is 1. The Balaban J connectivity index is 1.92. The van der Waals surface area contributed by atoms with E-state index < -0.39 is 12.0 Å². The molecular formula is C23H21Cl2NO2. The fourth-order valence-corrected chi connectivity index (χ4v) is 4.56. The van der Waals surface area contributed by atoms with Gasteiger partial charge in [-0.25, -0.2) is 0 Å². The highest BCUT2D eigenvalue weighted by atomic mass is 35.5. The predicted octanol–water partition coefficient (Wildman–Crippen LogP) is 6.18. The molecule has 3 aromatic rings. The van der Waals surface area contributed by atoms with E-state index in [0.29, 0.717) is 16.5 Å². The molecule has 0 aliphatic carbocycles. The van der Waals surface area contributed by atoms with Crippen molar-refractivity contribution >= 4 is 39.9 Å². The maximum atomic E-state index is 12.0. The second-order valence-electron chi connectivity index (χ2n) is 7.23. The number of hydrogen-bond acceptors (Lipinski definition) is 2. The summed E-state index contributed by atoms with van der Waals surface area (Å²) in [6.45, 7) is 0.727. The number of carboxylic acid groups (broad SMARTS) is 1. The van der Waals surface area contributed by atoms with Gasteiger partial charge in [-0.1, -0.05) is 78.2 Å². The van der Waals surface area contributed by atoms with Crippen molar-refractivity contribution in [3.8, 4) is 0 Å². The molecule has 4 rings (SSSR count). The average molecular weight is 414 g/mol. The molecule has 0 spiro atoms. The molecule has 1 fully saturated rings. The molecule has 1 aliphatic heterocycles. The molecule has 0 saturated carbocycles. The molecule has 3 aromatic carbocycles. The van der Waals surface area contributed by atoms with Gasteiger partial charge in [0, 0.05) is 0 Å². The van der Waals surface area contributed by atoms with Crippen LogP contribution in [0.5, 0.6) is 0 Å². The SMILES string of the molecule is O=C(O)C1CCCCN1C(c1ccc(Cl)c(Cl)c1)c1cccc2ccccc12. The Morgan fingerprint density at radius 1 is 1.00 bits per heavy atom. The summed E-state index contributed by atoms with van der Waals surface area (Å²) in [6, 6.07) is 19.3. The Labute approximate surface area is 174 Å². The summed E-state index contributed by atoms with van der Waals surface area (Å²) in [4.78, 5) is 14.1. The monoisotopic (exact) mass is 413 g/mol. The number of piperidine rings is 1. The van der Waals surface area contributed by atoms with Gasteiger partial charge in [0.25, 0.3) is 0 Å². The summed E-state index contributed by atoms with van der Waals surface area (Å²) in [5.74, 6) is -0.773. The van der Waals surface area contributed by atoms with Crippen molar-refractivity contribution in [1.29, 1.82) is 0 Å². The minimum absolute atomic E-state index is 0.206. The fraction of sp³-hybridized carbons (Fsp3) is 0.261. The van der Waals surface area contributed by atoms with E-state index in [4.69, 9.17) is 23.2 Å². The minimum Gasteiger partial charge on any atom is -0.480 e. The number of rotatable bonds is 4. The molecule has 144 valence electrons. The third-order valence-electron chi connectivity index (χ3n) is 5.54. The van der Waals surface area contributed by atoms with Gasteiger partial charge in [-0.15, -0.1) is 0 Å². The molecule has 0 radical (unpaired) electrons. The number of hydrogen-bond donors (Lipinski definition) is 1. The van der Waals surface area contributed by atoms with E-state index in [1.165, 1.54) is 0 Å². The summed E-state index contributed by atoms with van der Waals surface area (Å²) in [7, 11) is 0. The third kappa shape index (κ3) is 3.62. The second kappa shape index (κ2) is 8.12. The highest BCUT2D eigenvalue weighted by Crippen LogP contribution is 2.39. The van der Waals surface area contributed by atoms with Crippen LogP contribution in [0.3, 0.4) is 0 Å². The van der Waals surface area contributed by atoms with Crippen LogP contribution in [0, 0.1) is 0 Å². The molecule has 0 aromatic heterocycles. The highest BCUT2D eigenvalue weighted by Gasteiger charge is 2.35. The second-order valence-corrected chi connectivity index (χ2v) is 8.05. The molecule has 1 saturated heterocycles. The van der Waals surface area contributed by atoms with E-state index in [0.717, 1.165) is 41.3 Å². The number of likely N-dealkylation sites (tertiary alicyclic amines) is 1. The van der Waals surface area contributed by atoms with Gasteiger partial charge in [0.05, 0.1) is 16.1 Å². The molecule has 3 nitrogen and oxygen atoms in total. The fourth-order valence-electron chi connectivity index (χ4n) is 4.25. The van der Waals surface area contributed by atoms with E-state index in [-0.39, 0.29) is 6.04 Å². The first-order chi connectivity index (χ1) is 13.6. The Morgan fingerprint density at radius 3 is 2.57 bits per heavy atom. The molecule has 1 N–H and O–H groups in total. The van der Waals surface area contributed by atoms with Gasteiger partial charge in [-0.3, -0.25) is 9.69 Å². The van der Waals surface area contributed by atoms with Crippen molar-refractivity contribution in [2.75, 3.05) is 6.54 Å². The topological polar surface area (TPSA) is 40.5 Å². The Kier molecular flexibility index (Phi) is 5.58. The van der Waals surface area contributed by atoms with E-state index >= 15 is 0 Å². The first kappa shape index (κ1) is 19.3. The smallest absolute Gasteiger partial charge is 0.320 e. The average Bonchev–Trinajstić information content (AvgIpc) is 2.71. The molecule has 5 heteroatoms. The largest absolute Gasteiger partial charge is 0.480 e. The van der Waals surface area contributed by atoms with Gasteiger partial charge in [0.15, 0.2) is 0 Å². The van der Waals surface area contributed by atoms with Crippen molar-refractivity contribution in [2.24, 2.45) is 0 Å². The number of nitrogens with zero attached hydrogens (tertiary/aromatic N) is 1. The first-order valence-electron chi connectivity index (χ1n) is 9.47. The zero-order chi connectivity index (χ0) is 19.7. The van der Waals surface area contributed by atoms with Crippen molar-refractivity contribution < 1.29 is 9.90 Å². The Hall–Kier alpha value is -2.07. The molecule has 0 bridgehead atoms.